The van der Waals surface area contributed by atoms with E-state index in [-0.39, 0.29) is 25.4 Å². The number of carbonyl (C=O) groups excluding carboxylic acids is 2. The molecule has 0 aromatic carbocycles. The van der Waals surface area contributed by atoms with Crippen molar-refractivity contribution < 1.29 is 24.6 Å². The number of carboxylic acids is 1. The number of carbonyl (C=O) groups is 3. The number of hydrogen-bond donors (Lipinski definition) is 4. The molecule has 0 fully saturated rings. The molecule has 1 heterocycles. The maximum absolute atomic E-state index is 11.5. The summed E-state index contributed by atoms with van der Waals surface area (Å²) < 4.78 is 0. The van der Waals surface area contributed by atoms with E-state index in [4.69, 9.17) is 5.11 Å². The highest BCUT2D eigenvalue weighted by Gasteiger charge is 2.30. The van der Waals surface area contributed by atoms with Crippen molar-refractivity contribution in [2.24, 2.45) is 0 Å². The monoisotopic (exact) mass is 300 g/mol. The van der Waals surface area contributed by atoms with Crippen molar-refractivity contribution in [1.29, 1.82) is 0 Å². The highest BCUT2D eigenvalue weighted by Crippen LogP contribution is 2.07. The normalized spacial score (nSPS) is 13.3. The summed E-state index contributed by atoms with van der Waals surface area (Å²) in [4.78, 5) is 34.1. The molecule has 0 saturated carbocycles. The molecule has 0 aliphatic carbocycles. The quantitative estimate of drug-likeness (QED) is 0.557. The Hall–Kier alpha value is -1.93. The van der Waals surface area contributed by atoms with Gasteiger partial charge in [-0.3, -0.25) is 9.59 Å². The Morgan fingerprint density at radius 3 is 2.60 bits per heavy atom. The zero-order valence-corrected chi connectivity index (χ0v) is 11.7. The molecule has 0 aliphatic heterocycles. The highest BCUT2D eigenvalue weighted by atomic mass is 32.1. The van der Waals surface area contributed by atoms with Gasteiger partial charge in [0.25, 0.3) is 5.91 Å². The Labute approximate surface area is 119 Å². The lowest BCUT2D eigenvalue weighted by Gasteiger charge is -2.18. The van der Waals surface area contributed by atoms with Gasteiger partial charge in [0, 0.05) is 13.0 Å². The smallest absolute Gasteiger partial charge is 0.337 e. The van der Waals surface area contributed by atoms with Crippen LogP contribution in [0.15, 0.2) is 17.5 Å². The Morgan fingerprint density at radius 2 is 2.05 bits per heavy atom. The lowest BCUT2D eigenvalue weighted by Crippen LogP contribution is -2.47. The number of carboxylic acid groups (broad SMARTS) is 1. The fourth-order valence-corrected chi connectivity index (χ4v) is 1.86. The third-order valence-corrected chi connectivity index (χ3v) is 3.34. The lowest BCUT2D eigenvalue weighted by atomic mass is 10.1. The number of rotatable bonds is 7. The molecule has 1 aromatic rings. The molecule has 7 nitrogen and oxygen atoms in total. The van der Waals surface area contributed by atoms with Crippen molar-refractivity contribution in [3.63, 3.8) is 0 Å². The van der Waals surface area contributed by atoms with Crippen LogP contribution in [0.5, 0.6) is 0 Å². The third-order valence-electron chi connectivity index (χ3n) is 2.47. The van der Waals surface area contributed by atoms with Crippen molar-refractivity contribution in [2.45, 2.75) is 18.9 Å². The van der Waals surface area contributed by atoms with Crippen molar-refractivity contribution in [2.75, 3.05) is 13.1 Å². The van der Waals surface area contributed by atoms with E-state index in [0.717, 1.165) is 6.92 Å². The number of aliphatic hydroxyl groups is 1. The molecule has 1 atom stereocenters. The Balaban J connectivity index is 2.24. The summed E-state index contributed by atoms with van der Waals surface area (Å²) in [5.41, 5.74) is -2.00. The van der Waals surface area contributed by atoms with Crippen LogP contribution in [0.3, 0.4) is 0 Å². The summed E-state index contributed by atoms with van der Waals surface area (Å²) in [6, 6.07) is 3.42. The van der Waals surface area contributed by atoms with Crippen molar-refractivity contribution >= 4 is 29.1 Å². The first kappa shape index (κ1) is 16.1. The van der Waals surface area contributed by atoms with Gasteiger partial charge in [0.2, 0.25) is 5.91 Å². The molecule has 2 amide bonds. The summed E-state index contributed by atoms with van der Waals surface area (Å²) in [6.07, 6.45) is 0.00676. The second kappa shape index (κ2) is 7.01. The summed E-state index contributed by atoms with van der Waals surface area (Å²) in [6.45, 7) is 0.839. The third kappa shape index (κ3) is 4.98. The van der Waals surface area contributed by atoms with Gasteiger partial charge in [0.15, 0.2) is 5.60 Å². The van der Waals surface area contributed by atoms with E-state index in [1.54, 1.807) is 17.5 Å². The molecule has 8 heteroatoms. The molecule has 0 aliphatic rings. The maximum Gasteiger partial charge on any atom is 0.337 e. The molecule has 1 aromatic heterocycles. The van der Waals surface area contributed by atoms with E-state index in [1.165, 1.54) is 11.3 Å². The predicted octanol–water partition coefficient (Wildman–Crippen LogP) is -0.180. The van der Waals surface area contributed by atoms with Crippen LogP contribution in [0.1, 0.15) is 23.0 Å². The lowest BCUT2D eigenvalue weighted by molar-refractivity contribution is -0.156. The van der Waals surface area contributed by atoms with Crippen LogP contribution in [-0.2, 0) is 9.59 Å². The first-order valence-corrected chi connectivity index (χ1v) is 6.75. The first-order chi connectivity index (χ1) is 9.33. The maximum atomic E-state index is 11.5. The van der Waals surface area contributed by atoms with Gasteiger partial charge < -0.3 is 20.8 Å². The summed E-state index contributed by atoms with van der Waals surface area (Å²) >= 11 is 1.30. The fraction of sp³-hybridized carbons (Fsp3) is 0.417. The molecule has 0 saturated heterocycles. The largest absolute Gasteiger partial charge is 0.479 e. The summed E-state index contributed by atoms with van der Waals surface area (Å²) in [5.74, 6) is -2.12. The molecule has 110 valence electrons. The van der Waals surface area contributed by atoms with Gasteiger partial charge in [0.1, 0.15) is 0 Å². The molecule has 1 rings (SSSR count). The number of hydrogen-bond acceptors (Lipinski definition) is 5. The number of aliphatic carboxylic acids is 1. The van der Waals surface area contributed by atoms with Gasteiger partial charge in [-0.25, -0.2) is 4.79 Å². The molecular formula is C12H16N2O5S. The van der Waals surface area contributed by atoms with Crippen LogP contribution in [0.4, 0.5) is 0 Å². The Kier molecular flexibility index (Phi) is 5.66. The van der Waals surface area contributed by atoms with Gasteiger partial charge in [-0.1, -0.05) is 6.07 Å². The van der Waals surface area contributed by atoms with Crippen LogP contribution in [-0.4, -0.2) is 46.7 Å². The van der Waals surface area contributed by atoms with Crippen molar-refractivity contribution in [3.05, 3.63) is 22.4 Å². The number of amides is 2. The van der Waals surface area contributed by atoms with Crippen LogP contribution < -0.4 is 10.6 Å². The van der Waals surface area contributed by atoms with Crippen molar-refractivity contribution in [1.82, 2.24) is 10.6 Å². The minimum absolute atomic E-state index is 0.00676. The van der Waals surface area contributed by atoms with E-state index in [1.807, 2.05) is 0 Å². The standard InChI is InChI=1S/C12H16N2O5S/c1-12(19,11(17)18)7-14-9(15)4-5-13-10(16)8-3-2-6-20-8/h2-3,6,19H,4-5,7H2,1H3,(H,13,16)(H,14,15)(H,17,18). The number of nitrogens with one attached hydrogen (secondary N) is 2. The predicted molar refractivity (Wildman–Crippen MR) is 72.5 cm³/mol. The molecular weight excluding hydrogens is 284 g/mol. The molecule has 0 spiro atoms. The summed E-state index contributed by atoms with van der Waals surface area (Å²) in [5, 5.41) is 24.7. The van der Waals surface area contributed by atoms with E-state index < -0.39 is 17.5 Å². The van der Waals surface area contributed by atoms with Crippen LogP contribution in [0.25, 0.3) is 0 Å². The highest BCUT2D eigenvalue weighted by molar-refractivity contribution is 7.12. The zero-order valence-electron chi connectivity index (χ0n) is 10.9. The second-order valence-corrected chi connectivity index (χ2v) is 5.29. The number of thiophene rings is 1. The van der Waals surface area contributed by atoms with Crippen LogP contribution in [0.2, 0.25) is 0 Å². The SMILES string of the molecule is CC(O)(CNC(=O)CCNC(=O)c1cccs1)C(=O)O. The molecule has 0 bridgehead atoms. The van der Waals surface area contributed by atoms with Crippen molar-refractivity contribution in [3.8, 4) is 0 Å². The Bertz CT molecular complexity index is 484. The van der Waals surface area contributed by atoms with E-state index in [2.05, 4.69) is 10.6 Å². The minimum atomic E-state index is -2.00. The van der Waals surface area contributed by atoms with E-state index in [9.17, 15) is 19.5 Å². The average molecular weight is 300 g/mol. The molecule has 1 unspecified atom stereocenters. The fourth-order valence-electron chi connectivity index (χ4n) is 1.22. The topological polar surface area (TPSA) is 116 Å². The molecule has 0 radical (unpaired) electrons. The molecule has 20 heavy (non-hydrogen) atoms. The second-order valence-electron chi connectivity index (χ2n) is 4.34. The van der Waals surface area contributed by atoms with Gasteiger partial charge >= 0.3 is 5.97 Å². The van der Waals surface area contributed by atoms with Gasteiger partial charge in [0.05, 0.1) is 11.4 Å². The van der Waals surface area contributed by atoms with E-state index >= 15 is 0 Å². The van der Waals surface area contributed by atoms with Gasteiger partial charge in [-0.05, 0) is 18.4 Å². The van der Waals surface area contributed by atoms with Crippen LogP contribution >= 0.6 is 11.3 Å². The van der Waals surface area contributed by atoms with Gasteiger partial charge in [-0.15, -0.1) is 11.3 Å². The van der Waals surface area contributed by atoms with Gasteiger partial charge in [-0.2, -0.15) is 0 Å². The van der Waals surface area contributed by atoms with E-state index in [0.29, 0.717) is 4.88 Å². The van der Waals surface area contributed by atoms with Crippen LogP contribution in [0, 0.1) is 0 Å². The average Bonchev–Trinajstić information content (AvgIpc) is 2.90. The first-order valence-electron chi connectivity index (χ1n) is 5.87. The summed E-state index contributed by atoms with van der Waals surface area (Å²) in [7, 11) is 0. The zero-order chi connectivity index (χ0) is 15.2. The Morgan fingerprint density at radius 1 is 1.35 bits per heavy atom. The minimum Gasteiger partial charge on any atom is -0.479 e. The molecule has 4 N–H and O–H groups in total.